The highest BCUT2D eigenvalue weighted by molar-refractivity contribution is 7.87. The van der Waals surface area contributed by atoms with Gasteiger partial charge in [-0.25, -0.2) is 9.19 Å². The lowest BCUT2D eigenvalue weighted by Gasteiger charge is -2.35. The van der Waals surface area contributed by atoms with Crippen molar-refractivity contribution in [2.75, 3.05) is 34.2 Å². The fourth-order valence-corrected chi connectivity index (χ4v) is 6.26. The monoisotopic (exact) mass is 496 g/mol. The Morgan fingerprint density at radius 3 is 2.34 bits per heavy atom. The van der Waals surface area contributed by atoms with Crippen LogP contribution in [0, 0.1) is 12.3 Å². The van der Waals surface area contributed by atoms with Gasteiger partial charge in [0.2, 0.25) is 0 Å². The Morgan fingerprint density at radius 1 is 1.03 bits per heavy atom. The highest BCUT2D eigenvalue weighted by Gasteiger charge is 2.44. The molecule has 3 heterocycles. The van der Waals surface area contributed by atoms with Crippen LogP contribution in [0.1, 0.15) is 81.8 Å². The predicted molar refractivity (Wildman–Crippen MR) is 147 cm³/mol. The van der Waals surface area contributed by atoms with Crippen LogP contribution in [0.3, 0.4) is 0 Å². The number of nitrogens with zero attached hydrogens (tertiary/aromatic N) is 3. The number of rotatable bonds is 4. The van der Waals surface area contributed by atoms with Crippen molar-refractivity contribution in [2.45, 2.75) is 78.4 Å². The van der Waals surface area contributed by atoms with Gasteiger partial charge in [0.05, 0.1) is 16.0 Å². The van der Waals surface area contributed by atoms with Gasteiger partial charge in [0, 0.05) is 37.6 Å². The van der Waals surface area contributed by atoms with Crippen LogP contribution < -0.4 is 14.5 Å². The molecular formula is C28H40N4O2S. The third-order valence-electron chi connectivity index (χ3n) is 7.30. The number of benzene rings is 1. The molecule has 2 fully saturated rings. The van der Waals surface area contributed by atoms with Crippen LogP contribution in [0.5, 0.6) is 0 Å². The number of amides is 1. The smallest absolute Gasteiger partial charge is 0.258 e. The Kier molecular flexibility index (Phi) is 7.28. The van der Waals surface area contributed by atoms with Crippen LogP contribution in [0.4, 0.5) is 17.2 Å². The van der Waals surface area contributed by atoms with Crippen molar-refractivity contribution in [3.05, 3.63) is 47.2 Å². The van der Waals surface area contributed by atoms with Crippen LogP contribution in [0.25, 0.3) is 0 Å². The Morgan fingerprint density at radius 2 is 1.71 bits per heavy atom. The van der Waals surface area contributed by atoms with Crippen molar-refractivity contribution in [1.29, 1.82) is 0 Å². The largest absolute Gasteiger partial charge is 0.371 e. The minimum atomic E-state index is -1.16. The first-order chi connectivity index (χ1) is 16.7. The predicted octanol–water partition coefficient (Wildman–Crippen LogP) is 5.87. The molecule has 6 nitrogen and oxygen atoms in total. The van der Waals surface area contributed by atoms with Crippen LogP contribution in [-0.2, 0) is 17.4 Å². The highest BCUT2D eigenvalue weighted by Crippen LogP contribution is 2.54. The zero-order valence-electron chi connectivity index (χ0n) is 22.1. The Bertz CT molecular complexity index is 1110. The van der Waals surface area contributed by atoms with E-state index in [1.165, 1.54) is 25.7 Å². The topological polar surface area (TPSA) is 65.5 Å². The molecule has 2 aromatic rings. The highest BCUT2D eigenvalue weighted by atomic mass is 32.2. The SMILES string of the molecule is CC.Cc1ccc(C(=O)Nc2cc3c(cn2)CCN3S(=O)C(C)(C)C)c(N2CCC3(CC2)CC3)c1. The average Bonchev–Trinajstić information content (AvgIpc) is 3.46. The molecule has 1 aromatic heterocycles. The maximum atomic E-state index is 13.4. The van der Waals surface area contributed by atoms with Crippen molar-refractivity contribution >= 4 is 34.1 Å². The van der Waals surface area contributed by atoms with Gasteiger partial charge in [-0.05, 0) is 88.5 Å². The van der Waals surface area contributed by atoms with Gasteiger partial charge in [0.1, 0.15) is 16.8 Å². The Balaban J connectivity index is 0.00000141. The summed E-state index contributed by atoms with van der Waals surface area (Å²) in [7, 11) is -1.16. The molecule has 3 aliphatic rings. The molecule has 1 unspecified atom stereocenters. The maximum absolute atomic E-state index is 13.4. The normalized spacial score (nSPS) is 19.0. The molecule has 1 atom stereocenters. The first-order valence-electron chi connectivity index (χ1n) is 13.0. The van der Waals surface area contributed by atoms with Crippen molar-refractivity contribution in [3.63, 3.8) is 0 Å². The van der Waals surface area contributed by atoms with Gasteiger partial charge in [-0.1, -0.05) is 19.9 Å². The summed E-state index contributed by atoms with van der Waals surface area (Å²) < 4.78 is 14.6. The van der Waals surface area contributed by atoms with Gasteiger partial charge in [0.25, 0.3) is 5.91 Å². The lowest BCUT2D eigenvalue weighted by Crippen LogP contribution is -2.36. The molecule has 0 bridgehead atoms. The minimum Gasteiger partial charge on any atom is -0.371 e. The summed E-state index contributed by atoms with van der Waals surface area (Å²) in [6.07, 6.45) is 7.79. The molecule has 1 N–H and O–H groups in total. The zero-order chi connectivity index (χ0) is 25.4. The van der Waals surface area contributed by atoms with Gasteiger partial charge in [0.15, 0.2) is 0 Å². The molecule has 1 saturated heterocycles. The quantitative estimate of drug-likeness (QED) is 0.575. The van der Waals surface area contributed by atoms with Crippen molar-refractivity contribution in [2.24, 2.45) is 5.41 Å². The third kappa shape index (κ3) is 5.40. The van der Waals surface area contributed by atoms with E-state index in [4.69, 9.17) is 0 Å². The lowest BCUT2D eigenvalue weighted by molar-refractivity contribution is 0.102. The third-order valence-corrected chi connectivity index (χ3v) is 9.13. The molecule has 5 rings (SSSR count). The first-order valence-corrected chi connectivity index (χ1v) is 14.1. The fraction of sp³-hybridized carbons (Fsp3) is 0.571. The molecule has 7 heteroatoms. The van der Waals surface area contributed by atoms with E-state index in [0.29, 0.717) is 23.3 Å². The number of piperidine rings is 1. The van der Waals surface area contributed by atoms with E-state index in [0.717, 1.165) is 42.0 Å². The van der Waals surface area contributed by atoms with Gasteiger partial charge >= 0.3 is 0 Å². The van der Waals surface area contributed by atoms with Crippen LogP contribution >= 0.6 is 0 Å². The molecule has 0 radical (unpaired) electrons. The van der Waals surface area contributed by atoms with E-state index in [9.17, 15) is 9.00 Å². The number of carbonyl (C=O) groups excluding carboxylic acids is 1. The van der Waals surface area contributed by atoms with Crippen LogP contribution in [-0.4, -0.2) is 39.5 Å². The molecule has 1 spiro atoms. The second-order valence-electron chi connectivity index (χ2n) is 10.9. The summed E-state index contributed by atoms with van der Waals surface area (Å²) in [4.78, 5) is 20.2. The summed E-state index contributed by atoms with van der Waals surface area (Å²) in [5.41, 5.74) is 5.43. The van der Waals surface area contributed by atoms with Crippen molar-refractivity contribution in [1.82, 2.24) is 4.98 Å². The summed E-state index contributed by atoms with van der Waals surface area (Å²) in [6.45, 7) is 14.7. The van der Waals surface area contributed by atoms with Gasteiger partial charge in [-0.15, -0.1) is 0 Å². The molecule has 190 valence electrons. The number of aryl methyl sites for hydroxylation is 1. The number of fused-ring (bicyclic) bond motifs is 1. The van der Waals surface area contributed by atoms with Crippen molar-refractivity contribution in [3.8, 4) is 0 Å². The first kappa shape index (κ1) is 25.7. The molecule has 2 aliphatic heterocycles. The molecule has 1 amide bonds. The number of nitrogens with one attached hydrogen (secondary N) is 1. The number of anilines is 3. The Hall–Kier alpha value is -2.41. The number of pyridine rings is 1. The van der Waals surface area contributed by atoms with Crippen LogP contribution in [0.2, 0.25) is 0 Å². The molecular weight excluding hydrogens is 456 g/mol. The van der Waals surface area contributed by atoms with E-state index >= 15 is 0 Å². The second-order valence-corrected chi connectivity index (χ2v) is 13.0. The van der Waals surface area contributed by atoms with E-state index in [-0.39, 0.29) is 10.7 Å². The zero-order valence-corrected chi connectivity index (χ0v) is 22.9. The van der Waals surface area contributed by atoms with E-state index in [1.807, 2.05) is 57.1 Å². The minimum absolute atomic E-state index is 0.148. The van der Waals surface area contributed by atoms with Gasteiger partial charge < -0.3 is 10.2 Å². The van der Waals surface area contributed by atoms with E-state index < -0.39 is 11.0 Å². The summed E-state index contributed by atoms with van der Waals surface area (Å²) in [6, 6.07) is 7.92. The number of hydrogen-bond donors (Lipinski definition) is 1. The van der Waals surface area contributed by atoms with E-state index in [2.05, 4.69) is 28.2 Å². The maximum Gasteiger partial charge on any atom is 0.258 e. The second kappa shape index (κ2) is 9.92. The molecule has 35 heavy (non-hydrogen) atoms. The average molecular weight is 497 g/mol. The number of hydrogen-bond acceptors (Lipinski definition) is 4. The standard InChI is InChI=1S/C26H34N4O2S.C2H6/c1-18-5-6-20(22(15-18)29-13-10-26(8-9-26)11-14-29)24(31)28-23-16-21-19(17-27-23)7-12-30(21)33(32)25(2,3)4;1-2/h5-6,15-17H,7-14H2,1-4H3,(H,27,28,31);1-2H3. The molecule has 1 aliphatic carbocycles. The molecule has 1 aromatic carbocycles. The van der Waals surface area contributed by atoms with Gasteiger partial charge in [-0.3, -0.25) is 9.10 Å². The fourth-order valence-electron chi connectivity index (χ4n) is 4.99. The number of carbonyl (C=O) groups is 1. The molecule has 1 saturated carbocycles. The van der Waals surface area contributed by atoms with Crippen LogP contribution in [0.15, 0.2) is 30.5 Å². The van der Waals surface area contributed by atoms with E-state index in [1.54, 1.807) is 6.20 Å². The Labute approximate surface area is 213 Å². The summed E-state index contributed by atoms with van der Waals surface area (Å²) in [5.74, 6) is 0.351. The van der Waals surface area contributed by atoms with Gasteiger partial charge in [-0.2, -0.15) is 0 Å². The number of aromatic nitrogens is 1. The van der Waals surface area contributed by atoms with Crippen molar-refractivity contribution < 1.29 is 9.00 Å². The summed E-state index contributed by atoms with van der Waals surface area (Å²) in [5, 5.41) is 3.01. The lowest BCUT2D eigenvalue weighted by atomic mass is 9.92. The summed E-state index contributed by atoms with van der Waals surface area (Å²) >= 11 is 0.